The van der Waals surface area contributed by atoms with Crippen molar-refractivity contribution < 1.29 is 8.99 Å². The lowest BCUT2D eigenvalue weighted by Gasteiger charge is -2.23. The Morgan fingerprint density at radius 3 is 2.54 bits per heavy atom. The van der Waals surface area contributed by atoms with Crippen molar-refractivity contribution >= 4 is 14.7 Å². The van der Waals surface area contributed by atoms with Crippen LogP contribution in [-0.2, 0) is 4.79 Å². The minimum atomic E-state index is -2.06. The zero-order valence-electron chi connectivity index (χ0n) is 7.79. The van der Waals surface area contributed by atoms with Gasteiger partial charge >= 0.3 is 0 Å². The number of carbonyl (C=O) groups is 1. The number of nitrogens with two attached hydrogens (primary N) is 1. The summed E-state index contributed by atoms with van der Waals surface area (Å²) in [6.45, 7) is 0. The normalized spacial score (nSPS) is 23.8. The molecular formula is C9H17FNOP. The summed E-state index contributed by atoms with van der Waals surface area (Å²) in [6, 6.07) is 0. The van der Waals surface area contributed by atoms with Crippen LogP contribution in [0.3, 0.4) is 0 Å². The summed E-state index contributed by atoms with van der Waals surface area (Å²) in [6.07, 6.45) is 7.40. The Labute approximate surface area is 80.0 Å². The van der Waals surface area contributed by atoms with Gasteiger partial charge in [0.1, 0.15) is 6.29 Å². The Hall–Kier alpha value is -0.0100. The summed E-state index contributed by atoms with van der Waals surface area (Å²) < 4.78 is 12.7. The van der Waals surface area contributed by atoms with Gasteiger partial charge in [0.15, 0.2) is 8.38 Å². The largest absolute Gasteiger partial charge is 0.303 e. The molecule has 1 aliphatic rings. The Balaban J connectivity index is 2.31. The van der Waals surface area contributed by atoms with E-state index in [1.807, 2.05) is 0 Å². The molecule has 2 atom stereocenters. The molecule has 1 rings (SSSR count). The van der Waals surface area contributed by atoms with Gasteiger partial charge in [0.2, 0.25) is 0 Å². The molecule has 0 amide bonds. The van der Waals surface area contributed by atoms with Gasteiger partial charge < -0.3 is 4.79 Å². The van der Waals surface area contributed by atoms with Crippen LogP contribution in [0.4, 0.5) is 4.20 Å². The Kier molecular flexibility index (Phi) is 4.82. The van der Waals surface area contributed by atoms with Crippen molar-refractivity contribution in [2.24, 2.45) is 11.4 Å². The standard InChI is InChI=1S/C9H17FNOP/c10-13(11)9(7-12)6-8-4-2-1-3-5-8/h7-9H,1-6,11H2/t9-,13?/m0/s1. The van der Waals surface area contributed by atoms with Gasteiger partial charge in [-0.05, 0) is 12.3 Å². The van der Waals surface area contributed by atoms with E-state index in [1.54, 1.807) is 0 Å². The second-order valence-electron chi connectivity index (χ2n) is 3.79. The van der Waals surface area contributed by atoms with E-state index in [9.17, 15) is 8.99 Å². The summed E-state index contributed by atoms with van der Waals surface area (Å²) in [7, 11) is -2.06. The smallest absolute Gasteiger partial charge is 0.161 e. The van der Waals surface area contributed by atoms with E-state index in [0.29, 0.717) is 18.6 Å². The van der Waals surface area contributed by atoms with E-state index >= 15 is 0 Å². The number of rotatable bonds is 4. The molecule has 1 saturated carbocycles. The zero-order valence-corrected chi connectivity index (χ0v) is 8.68. The van der Waals surface area contributed by atoms with Crippen molar-refractivity contribution in [1.82, 2.24) is 0 Å². The topological polar surface area (TPSA) is 43.1 Å². The van der Waals surface area contributed by atoms with Crippen molar-refractivity contribution in [2.45, 2.75) is 44.2 Å². The highest BCUT2D eigenvalue weighted by Gasteiger charge is 2.23. The predicted molar refractivity (Wildman–Crippen MR) is 53.3 cm³/mol. The zero-order chi connectivity index (χ0) is 9.68. The third kappa shape index (κ3) is 3.70. The molecule has 2 N–H and O–H groups in total. The lowest BCUT2D eigenvalue weighted by atomic mass is 9.86. The quantitative estimate of drug-likeness (QED) is 0.566. The van der Waals surface area contributed by atoms with Crippen LogP contribution in [0.15, 0.2) is 0 Å². The summed E-state index contributed by atoms with van der Waals surface area (Å²) in [4.78, 5) is 10.5. The van der Waals surface area contributed by atoms with Crippen LogP contribution in [0, 0.1) is 5.92 Å². The molecule has 0 spiro atoms. The second-order valence-corrected chi connectivity index (χ2v) is 5.14. The summed E-state index contributed by atoms with van der Waals surface area (Å²) in [5.41, 5.74) is 4.62. The van der Waals surface area contributed by atoms with E-state index in [2.05, 4.69) is 0 Å². The minimum Gasteiger partial charge on any atom is -0.303 e. The highest BCUT2D eigenvalue weighted by atomic mass is 31.2. The molecule has 1 fully saturated rings. The van der Waals surface area contributed by atoms with Gasteiger partial charge in [-0.15, -0.1) is 0 Å². The van der Waals surface area contributed by atoms with Crippen LogP contribution in [-0.4, -0.2) is 11.9 Å². The maximum atomic E-state index is 12.7. The Bertz CT molecular complexity index is 160. The summed E-state index contributed by atoms with van der Waals surface area (Å²) in [5.74, 6) is 0.535. The van der Waals surface area contributed by atoms with Crippen LogP contribution in [0.2, 0.25) is 0 Å². The van der Waals surface area contributed by atoms with E-state index in [4.69, 9.17) is 5.50 Å². The molecule has 2 nitrogen and oxygen atoms in total. The first-order valence-corrected chi connectivity index (χ1v) is 6.26. The molecule has 13 heavy (non-hydrogen) atoms. The molecule has 0 aromatic rings. The van der Waals surface area contributed by atoms with Crippen molar-refractivity contribution in [1.29, 1.82) is 0 Å². The molecule has 4 heteroatoms. The highest BCUT2D eigenvalue weighted by Crippen LogP contribution is 2.39. The van der Waals surface area contributed by atoms with Crippen LogP contribution in [0.1, 0.15) is 38.5 Å². The van der Waals surface area contributed by atoms with Crippen LogP contribution < -0.4 is 5.50 Å². The van der Waals surface area contributed by atoms with Crippen molar-refractivity contribution in [3.63, 3.8) is 0 Å². The van der Waals surface area contributed by atoms with Crippen LogP contribution >= 0.6 is 8.38 Å². The maximum absolute atomic E-state index is 12.7. The van der Waals surface area contributed by atoms with Gasteiger partial charge in [0, 0.05) is 0 Å². The average Bonchev–Trinajstić information content (AvgIpc) is 2.15. The molecule has 0 saturated heterocycles. The molecule has 0 heterocycles. The summed E-state index contributed by atoms with van der Waals surface area (Å²) in [5, 5.41) is 0. The van der Waals surface area contributed by atoms with Gasteiger partial charge in [0.05, 0.1) is 5.66 Å². The number of carbonyl (C=O) groups excluding carboxylic acids is 1. The molecule has 76 valence electrons. The summed E-state index contributed by atoms with van der Waals surface area (Å²) >= 11 is 0. The second kappa shape index (κ2) is 5.66. The fourth-order valence-electron chi connectivity index (χ4n) is 1.98. The Morgan fingerprint density at radius 1 is 1.46 bits per heavy atom. The van der Waals surface area contributed by atoms with Crippen molar-refractivity contribution in [2.75, 3.05) is 0 Å². The first-order valence-electron chi connectivity index (χ1n) is 4.89. The molecule has 0 aromatic carbocycles. The number of hydrogen-bond donors (Lipinski definition) is 1. The van der Waals surface area contributed by atoms with Crippen LogP contribution in [0.5, 0.6) is 0 Å². The molecule has 0 aliphatic heterocycles. The number of halogens is 1. The third-order valence-corrected chi connectivity index (χ3v) is 3.74. The van der Waals surface area contributed by atoms with E-state index < -0.39 is 14.0 Å². The maximum Gasteiger partial charge on any atom is 0.161 e. The van der Waals surface area contributed by atoms with Gasteiger partial charge in [-0.2, -0.15) is 0 Å². The lowest BCUT2D eigenvalue weighted by Crippen LogP contribution is -2.17. The third-order valence-electron chi connectivity index (χ3n) is 2.77. The van der Waals surface area contributed by atoms with Gasteiger partial charge in [-0.25, -0.2) is 4.20 Å². The molecule has 0 aromatic heterocycles. The van der Waals surface area contributed by atoms with Crippen molar-refractivity contribution in [3.8, 4) is 0 Å². The highest BCUT2D eigenvalue weighted by molar-refractivity contribution is 7.51. The van der Waals surface area contributed by atoms with Gasteiger partial charge in [-0.1, -0.05) is 32.1 Å². The molecule has 0 radical (unpaired) electrons. The molecule has 1 unspecified atom stereocenters. The molecule has 0 bridgehead atoms. The lowest BCUT2D eigenvalue weighted by molar-refractivity contribution is -0.107. The van der Waals surface area contributed by atoms with Gasteiger partial charge in [-0.3, -0.25) is 5.50 Å². The molecular weight excluding hydrogens is 188 g/mol. The van der Waals surface area contributed by atoms with E-state index in [-0.39, 0.29) is 0 Å². The SMILES string of the molecule is NP(F)[C@H](C=O)CC1CCCCC1. The first-order chi connectivity index (χ1) is 6.24. The fourth-order valence-corrected chi connectivity index (χ4v) is 2.59. The molecule has 1 aliphatic carbocycles. The fraction of sp³-hybridized carbons (Fsp3) is 0.889. The van der Waals surface area contributed by atoms with Gasteiger partial charge in [0.25, 0.3) is 0 Å². The monoisotopic (exact) mass is 205 g/mol. The number of aldehydes is 1. The van der Waals surface area contributed by atoms with Crippen molar-refractivity contribution in [3.05, 3.63) is 0 Å². The number of hydrogen-bond acceptors (Lipinski definition) is 2. The van der Waals surface area contributed by atoms with Crippen LogP contribution in [0.25, 0.3) is 0 Å². The average molecular weight is 205 g/mol. The minimum absolute atomic E-state index is 0.516. The predicted octanol–water partition coefficient (Wildman–Crippen LogP) is 2.76. The Morgan fingerprint density at radius 2 is 2.08 bits per heavy atom. The first kappa shape index (κ1) is 11.1. The van der Waals surface area contributed by atoms with E-state index in [1.165, 1.54) is 19.3 Å². The van der Waals surface area contributed by atoms with E-state index in [0.717, 1.165) is 12.8 Å².